The van der Waals surface area contributed by atoms with E-state index < -0.39 is 48.7 Å². The molecule has 220 valence electrons. The predicted octanol–water partition coefficient (Wildman–Crippen LogP) is 1.23. The monoisotopic (exact) mass is 570 g/mol. The molecule has 0 unspecified atom stereocenters. The molecular weight excluding hydrogens is 536 g/mol. The van der Waals surface area contributed by atoms with Gasteiger partial charge in [-0.2, -0.15) is 0 Å². The normalized spacial score (nSPS) is 28.9. The van der Waals surface area contributed by atoms with Crippen LogP contribution < -0.4 is 4.74 Å². The number of fused-ring (bicyclic) bond motifs is 1. The van der Waals surface area contributed by atoms with E-state index in [0.717, 1.165) is 33.3 Å². The Bertz CT molecular complexity index is 1410. The molecule has 2 aliphatic heterocycles. The number of nitrogens with zero attached hydrogens (tertiary/aromatic N) is 1. The number of hydrogen-bond donors (Lipinski definition) is 6. The molecule has 5 rings (SSSR count). The van der Waals surface area contributed by atoms with Crippen LogP contribution in [0.4, 0.5) is 0 Å². The fourth-order valence-corrected chi connectivity index (χ4v) is 5.68. The Hall–Kier alpha value is -3.52. The summed E-state index contributed by atoms with van der Waals surface area (Å²) in [4.78, 5) is 29.7. The number of hydrogen-bond acceptors (Lipinski definition) is 10. The third-order valence-electron chi connectivity index (χ3n) is 7.95. The average molecular weight is 571 g/mol. The lowest BCUT2D eigenvalue weighted by Gasteiger charge is -2.39. The Balaban J connectivity index is 1.34. The topological polar surface area (TPSA) is 182 Å². The van der Waals surface area contributed by atoms with Gasteiger partial charge in [-0.25, -0.2) is 9.59 Å². The van der Waals surface area contributed by atoms with Crippen LogP contribution >= 0.6 is 0 Å². The van der Waals surface area contributed by atoms with Crippen LogP contribution in [-0.4, -0.2) is 97.8 Å². The number of aliphatic carboxylic acids is 1. The molecule has 0 saturated carbocycles. The molecule has 3 heterocycles. The quantitative estimate of drug-likeness (QED) is 0.225. The number of aryl methyl sites for hydroxylation is 1. The molecule has 1 aromatic heterocycles. The zero-order valence-corrected chi connectivity index (χ0v) is 22.6. The zero-order chi connectivity index (χ0) is 29.4. The first-order valence-corrected chi connectivity index (χ1v) is 13.4. The molecule has 2 fully saturated rings. The van der Waals surface area contributed by atoms with Gasteiger partial charge in [-0.15, -0.1) is 0 Å². The number of ether oxygens (including phenoxy) is 3. The molecule has 3 aromatic rings. The summed E-state index contributed by atoms with van der Waals surface area (Å²) in [5.74, 6) is -1.70. The maximum absolute atomic E-state index is 12.8. The van der Waals surface area contributed by atoms with Crippen molar-refractivity contribution in [2.45, 2.75) is 69.2 Å². The van der Waals surface area contributed by atoms with Crippen molar-refractivity contribution in [1.29, 1.82) is 0 Å². The minimum absolute atomic E-state index is 0.106. The highest BCUT2D eigenvalue weighted by molar-refractivity contribution is 5.89. The van der Waals surface area contributed by atoms with Gasteiger partial charge in [-0.3, -0.25) is 4.90 Å². The van der Waals surface area contributed by atoms with E-state index in [0.29, 0.717) is 25.9 Å². The largest absolute Gasteiger partial charge is 0.496 e. The number of carboxylic acids is 1. The number of benzene rings is 2. The Morgan fingerprint density at radius 1 is 1.07 bits per heavy atom. The first kappa shape index (κ1) is 29.0. The molecule has 0 spiro atoms. The molecule has 12 nitrogen and oxygen atoms in total. The second-order valence-electron chi connectivity index (χ2n) is 10.6. The van der Waals surface area contributed by atoms with Crippen molar-refractivity contribution in [3.63, 3.8) is 0 Å². The van der Waals surface area contributed by atoms with Crippen LogP contribution in [0.1, 0.15) is 45.9 Å². The number of aliphatic hydroxyl groups is 4. The summed E-state index contributed by atoms with van der Waals surface area (Å²) in [5, 5.41) is 50.7. The molecule has 0 aliphatic carbocycles. The van der Waals surface area contributed by atoms with E-state index in [1.165, 1.54) is 12.1 Å². The molecule has 2 aliphatic rings. The number of rotatable bonds is 7. The third kappa shape index (κ3) is 5.67. The molecular formula is C29H34N2O10. The van der Waals surface area contributed by atoms with Crippen molar-refractivity contribution in [2.75, 3.05) is 13.7 Å². The zero-order valence-electron chi connectivity index (χ0n) is 22.6. The minimum atomic E-state index is -1.89. The molecule has 0 bridgehead atoms. The third-order valence-corrected chi connectivity index (χ3v) is 7.95. The fraction of sp³-hybridized carbons (Fsp3) is 0.448. The molecule has 41 heavy (non-hydrogen) atoms. The van der Waals surface area contributed by atoms with Crippen LogP contribution in [0.15, 0.2) is 42.6 Å². The molecule has 7 atom stereocenters. The highest BCUT2D eigenvalue weighted by Crippen LogP contribution is 2.37. The van der Waals surface area contributed by atoms with Gasteiger partial charge in [0.2, 0.25) is 6.29 Å². The van der Waals surface area contributed by atoms with E-state index in [9.17, 15) is 35.1 Å². The van der Waals surface area contributed by atoms with Crippen molar-refractivity contribution in [1.82, 2.24) is 9.88 Å². The SMILES string of the molecule is COc1cc(C)c2[nH]ccc2c1CN1CC[C@H](O)C[C@H]1c1ccc(C(=O)O[C@@H]2O[C@H](C(=O)O)[C@@H](O)[C@H](O)[C@H]2O)cc1. The molecule has 6 N–H and O–H groups in total. The van der Waals surface area contributed by atoms with Gasteiger partial charge in [-0.05, 0) is 55.2 Å². The minimum Gasteiger partial charge on any atom is -0.496 e. The van der Waals surface area contributed by atoms with Crippen molar-refractivity contribution in [3.8, 4) is 5.75 Å². The number of nitrogens with one attached hydrogen (secondary N) is 1. The summed E-state index contributed by atoms with van der Waals surface area (Å²) in [6.45, 7) is 3.25. The number of aliphatic hydroxyl groups excluding tert-OH is 4. The van der Waals surface area contributed by atoms with Crippen LogP contribution in [0.3, 0.4) is 0 Å². The predicted molar refractivity (Wildman–Crippen MR) is 144 cm³/mol. The summed E-state index contributed by atoms with van der Waals surface area (Å²) in [5.41, 5.74) is 4.13. The standard InChI is InChI=1S/C29H34N2O10/c1-14-11-21(39-2)19(18-7-9-30-22(14)18)13-31-10-8-17(32)12-20(31)15-3-5-16(6-4-15)28(38)41-29-25(35)23(33)24(34)26(40-29)27(36)37/h3-7,9,11,17,20,23-26,29-30,32-35H,8,10,12-13H2,1-2H3,(H,36,37)/t17-,20-,23-,24-,25+,26-,29-/m0/s1. The Morgan fingerprint density at radius 3 is 2.49 bits per heavy atom. The number of likely N-dealkylation sites (tertiary alicyclic amines) is 1. The maximum Gasteiger partial charge on any atom is 0.340 e. The first-order chi connectivity index (χ1) is 19.6. The van der Waals surface area contributed by atoms with Crippen molar-refractivity contribution >= 4 is 22.8 Å². The van der Waals surface area contributed by atoms with E-state index in [-0.39, 0.29) is 11.6 Å². The van der Waals surface area contributed by atoms with E-state index in [1.807, 2.05) is 25.3 Å². The Labute approximate surface area is 235 Å². The second kappa shape index (κ2) is 11.8. The molecule has 2 saturated heterocycles. The van der Waals surface area contributed by atoms with Gasteiger partial charge in [0.25, 0.3) is 0 Å². The van der Waals surface area contributed by atoms with Crippen molar-refractivity contribution in [3.05, 3.63) is 64.8 Å². The number of carbonyl (C=O) groups is 2. The molecule has 0 radical (unpaired) electrons. The van der Waals surface area contributed by atoms with Gasteiger partial charge in [0.1, 0.15) is 24.1 Å². The number of carboxylic acid groups (broad SMARTS) is 1. The molecule has 12 heteroatoms. The van der Waals surface area contributed by atoms with Gasteiger partial charge in [0.05, 0.1) is 18.8 Å². The van der Waals surface area contributed by atoms with E-state index in [2.05, 4.69) is 9.88 Å². The summed E-state index contributed by atoms with van der Waals surface area (Å²) in [6, 6.07) is 10.4. The van der Waals surface area contributed by atoms with Crippen LogP contribution in [-0.2, 0) is 20.8 Å². The number of piperidine rings is 1. The van der Waals surface area contributed by atoms with Crippen molar-refractivity contribution in [2.24, 2.45) is 0 Å². The Morgan fingerprint density at radius 2 is 1.80 bits per heavy atom. The van der Waals surface area contributed by atoms with E-state index >= 15 is 0 Å². The smallest absolute Gasteiger partial charge is 0.340 e. The van der Waals surface area contributed by atoms with Crippen LogP contribution in [0.5, 0.6) is 5.75 Å². The number of methoxy groups -OCH3 is 1. The summed E-state index contributed by atoms with van der Waals surface area (Å²) < 4.78 is 15.9. The van der Waals surface area contributed by atoms with Gasteiger partial charge in [0, 0.05) is 41.8 Å². The van der Waals surface area contributed by atoms with Crippen LogP contribution in [0.2, 0.25) is 0 Å². The average Bonchev–Trinajstić information content (AvgIpc) is 3.46. The number of esters is 1. The van der Waals surface area contributed by atoms with Crippen LogP contribution in [0, 0.1) is 6.92 Å². The van der Waals surface area contributed by atoms with Gasteiger partial charge >= 0.3 is 11.9 Å². The molecule has 0 amide bonds. The van der Waals surface area contributed by atoms with Crippen LogP contribution in [0.25, 0.3) is 10.9 Å². The number of H-pyrrole nitrogens is 1. The Kier molecular flexibility index (Phi) is 8.32. The summed E-state index contributed by atoms with van der Waals surface area (Å²) in [6.07, 6.45) is -6.75. The van der Waals surface area contributed by atoms with Gasteiger partial charge < -0.3 is 44.7 Å². The lowest BCUT2D eigenvalue weighted by atomic mass is 9.91. The maximum atomic E-state index is 12.8. The highest BCUT2D eigenvalue weighted by atomic mass is 16.7. The summed E-state index contributed by atoms with van der Waals surface area (Å²) >= 11 is 0. The van der Waals surface area contributed by atoms with E-state index in [4.69, 9.17) is 14.2 Å². The lowest BCUT2D eigenvalue weighted by Crippen LogP contribution is -2.60. The molecule has 2 aromatic carbocycles. The fourth-order valence-electron chi connectivity index (χ4n) is 5.68. The second-order valence-corrected chi connectivity index (χ2v) is 10.6. The number of carbonyl (C=O) groups excluding carboxylic acids is 1. The first-order valence-electron chi connectivity index (χ1n) is 13.4. The number of aromatic amines is 1. The van der Waals surface area contributed by atoms with Gasteiger partial charge in [0.15, 0.2) is 6.10 Å². The highest BCUT2D eigenvalue weighted by Gasteiger charge is 2.48. The summed E-state index contributed by atoms with van der Waals surface area (Å²) in [7, 11) is 1.65. The number of aromatic nitrogens is 1. The van der Waals surface area contributed by atoms with E-state index in [1.54, 1.807) is 19.2 Å². The lowest BCUT2D eigenvalue weighted by molar-refractivity contribution is -0.278. The van der Waals surface area contributed by atoms with Crippen molar-refractivity contribution < 1.29 is 49.3 Å². The van der Waals surface area contributed by atoms with Gasteiger partial charge in [-0.1, -0.05) is 12.1 Å².